The number of urea groups is 1. The van der Waals surface area contributed by atoms with Crippen LogP contribution in [0.1, 0.15) is 12.8 Å². The predicted octanol–water partition coefficient (Wildman–Crippen LogP) is 5.87. The fraction of sp³-hybridized carbons (Fsp3) is 0.167. The second-order valence-electron chi connectivity index (χ2n) is 7.91. The van der Waals surface area contributed by atoms with Gasteiger partial charge in [-0.2, -0.15) is 0 Å². The van der Waals surface area contributed by atoms with E-state index in [-0.39, 0.29) is 6.10 Å². The molecule has 0 bridgehead atoms. The molecule has 0 aromatic heterocycles. The van der Waals surface area contributed by atoms with E-state index in [1.165, 1.54) is 4.67 Å². The summed E-state index contributed by atoms with van der Waals surface area (Å²) in [5.41, 5.74) is 0.889. The van der Waals surface area contributed by atoms with Crippen molar-refractivity contribution in [2.75, 3.05) is 16.2 Å². The average Bonchev–Trinajstić information content (AvgIpc) is 3.61. The van der Waals surface area contributed by atoms with Crippen molar-refractivity contribution in [2.24, 2.45) is 0 Å². The number of benzene rings is 3. The molecule has 1 fully saturated rings. The molecule has 0 radical (unpaired) electrons. The van der Waals surface area contributed by atoms with E-state index >= 15 is 0 Å². The number of carbonyl (C=O) groups excluding carboxylic acids is 2. The first kappa shape index (κ1) is 23.9. The number of ether oxygens (including phenoxy) is 1. The molecular formula is C24H23Br2N2O4P. The van der Waals surface area contributed by atoms with Gasteiger partial charge in [0.1, 0.15) is 0 Å². The molecule has 9 heteroatoms. The molecule has 33 heavy (non-hydrogen) atoms. The van der Waals surface area contributed by atoms with Gasteiger partial charge in [0, 0.05) is 0 Å². The molecule has 6 nitrogen and oxygen atoms in total. The Morgan fingerprint density at radius 3 is 1.94 bits per heavy atom. The third kappa shape index (κ3) is 5.46. The van der Waals surface area contributed by atoms with Crippen LogP contribution in [0.5, 0.6) is 5.75 Å². The van der Waals surface area contributed by atoms with E-state index in [2.05, 4.69) is 31.9 Å². The third-order valence-corrected chi connectivity index (χ3v) is 9.16. The first-order valence-electron chi connectivity index (χ1n) is 10.4. The number of carbonyl (C=O) groups is 2. The van der Waals surface area contributed by atoms with E-state index in [0.29, 0.717) is 23.1 Å². The first-order chi connectivity index (χ1) is 15.8. The van der Waals surface area contributed by atoms with Crippen molar-refractivity contribution in [3.05, 3.63) is 81.7 Å². The predicted molar refractivity (Wildman–Crippen MR) is 141 cm³/mol. The maximum atomic E-state index is 13.7. The Kier molecular flexibility index (Phi) is 7.19. The normalized spacial score (nSPS) is 13.8. The van der Waals surface area contributed by atoms with Crippen molar-refractivity contribution < 1.29 is 19.2 Å². The number of halogens is 2. The van der Waals surface area contributed by atoms with Crippen molar-refractivity contribution in [2.45, 2.75) is 18.9 Å². The Balaban J connectivity index is 1.73. The Morgan fingerprint density at radius 1 is 0.939 bits per heavy atom. The summed E-state index contributed by atoms with van der Waals surface area (Å²) in [6.45, 7) is 1.66. The number of anilines is 2. The van der Waals surface area contributed by atoms with E-state index in [1.54, 1.807) is 67.3 Å². The Bertz CT molecular complexity index is 1130. The summed E-state index contributed by atoms with van der Waals surface area (Å²) in [5.74, 6) is 0.733. The minimum absolute atomic E-state index is 0.265. The number of hydrogen-bond acceptors (Lipinski definition) is 4. The van der Waals surface area contributed by atoms with Crippen LogP contribution in [-0.2, 0) is 4.79 Å². The zero-order valence-electron chi connectivity index (χ0n) is 17.8. The van der Waals surface area contributed by atoms with Gasteiger partial charge in [-0.15, -0.1) is 0 Å². The standard InChI is InChI=1S/C24H23Br2N2O4P/c1-33(31,23-14-12-22(13-15-23)32-21-10-11-21)28(20-8-4-18(26)5-9-20)24(30)27(16-29)19-6-2-17(25)3-7-19/h2-9,12-16,21,31,33H,10-11H2,1H3. The van der Waals surface area contributed by atoms with E-state index in [4.69, 9.17) is 4.74 Å². The van der Waals surface area contributed by atoms with Gasteiger partial charge < -0.3 is 0 Å². The van der Waals surface area contributed by atoms with Crippen LogP contribution in [-0.4, -0.2) is 30.1 Å². The SMILES string of the molecule is C[PH](O)(c1ccc(OC2CC2)cc1)N(C(=O)N(C=O)c1ccc(Br)cc1)c1ccc(Br)cc1. The van der Waals surface area contributed by atoms with Crippen LogP contribution in [0.15, 0.2) is 81.7 Å². The fourth-order valence-electron chi connectivity index (χ4n) is 3.42. The molecule has 3 aromatic carbocycles. The minimum atomic E-state index is -3.60. The molecule has 3 amide bonds. The number of amides is 3. The van der Waals surface area contributed by atoms with Gasteiger partial charge in [-0.05, 0) is 0 Å². The summed E-state index contributed by atoms with van der Waals surface area (Å²) in [6, 6.07) is 20.4. The summed E-state index contributed by atoms with van der Waals surface area (Å²) < 4.78 is 8.81. The molecule has 4 rings (SSSR count). The van der Waals surface area contributed by atoms with E-state index < -0.39 is 13.7 Å². The number of hydrogen-bond donors (Lipinski definition) is 1. The van der Waals surface area contributed by atoms with Gasteiger partial charge in [0.15, 0.2) is 0 Å². The van der Waals surface area contributed by atoms with Crippen molar-refractivity contribution in [1.82, 2.24) is 0 Å². The van der Waals surface area contributed by atoms with Gasteiger partial charge in [-0.25, -0.2) is 0 Å². The first-order valence-corrected chi connectivity index (χ1v) is 14.4. The average molecular weight is 594 g/mol. The Labute approximate surface area is 209 Å². The topological polar surface area (TPSA) is 70.1 Å². The van der Waals surface area contributed by atoms with Crippen LogP contribution in [0, 0.1) is 0 Å². The molecule has 0 saturated heterocycles. The molecular weight excluding hydrogens is 571 g/mol. The Hall–Kier alpha value is -2.25. The van der Waals surface area contributed by atoms with Crippen molar-refractivity contribution in [3.8, 4) is 5.75 Å². The molecule has 1 aliphatic carbocycles. The summed E-state index contributed by atoms with van der Waals surface area (Å²) in [4.78, 5) is 38.5. The van der Waals surface area contributed by atoms with Gasteiger partial charge >= 0.3 is 211 Å². The van der Waals surface area contributed by atoms with Gasteiger partial charge in [0.05, 0.1) is 0 Å². The fourth-order valence-corrected chi connectivity index (χ4v) is 6.14. The number of nitrogens with zero attached hydrogens (tertiary/aromatic N) is 2. The van der Waals surface area contributed by atoms with E-state index in [1.807, 2.05) is 12.1 Å². The van der Waals surface area contributed by atoms with Crippen molar-refractivity contribution >= 4 is 68.6 Å². The quantitative estimate of drug-likeness (QED) is 0.275. The van der Waals surface area contributed by atoms with Crippen LogP contribution in [0.25, 0.3) is 0 Å². The zero-order valence-corrected chi connectivity index (χ0v) is 22.0. The summed E-state index contributed by atoms with van der Waals surface area (Å²) >= 11 is 6.77. The number of imide groups is 1. The van der Waals surface area contributed by atoms with E-state index in [9.17, 15) is 14.5 Å². The monoisotopic (exact) mass is 592 g/mol. The van der Waals surface area contributed by atoms with Crippen LogP contribution < -0.4 is 19.6 Å². The molecule has 172 valence electrons. The van der Waals surface area contributed by atoms with Crippen molar-refractivity contribution in [3.63, 3.8) is 0 Å². The second-order valence-corrected chi connectivity index (χ2v) is 12.8. The van der Waals surface area contributed by atoms with Crippen LogP contribution in [0.2, 0.25) is 0 Å². The van der Waals surface area contributed by atoms with Crippen LogP contribution in [0.4, 0.5) is 16.2 Å². The molecule has 0 spiro atoms. The van der Waals surface area contributed by atoms with E-state index in [0.717, 1.165) is 32.4 Å². The van der Waals surface area contributed by atoms with Gasteiger partial charge in [0.25, 0.3) is 0 Å². The molecule has 0 heterocycles. The summed E-state index contributed by atoms with van der Waals surface area (Å²) in [6.07, 6.45) is 2.84. The second kappa shape index (κ2) is 9.94. The molecule has 0 aliphatic heterocycles. The third-order valence-electron chi connectivity index (χ3n) is 5.36. The molecule has 1 aliphatic rings. The molecule has 0 atom stereocenters. The van der Waals surface area contributed by atoms with Gasteiger partial charge in [-0.3, -0.25) is 0 Å². The van der Waals surface area contributed by atoms with Crippen LogP contribution in [0.3, 0.4) is 0 Å². The van der Waals surface area contributed by atoms with Crippen molar-refractivity contribution in [1.29, 1.82) is 0 Å². The van der Waals surface area contributed by atoms with Gasteiger partial charge in [-0.1, -0.05) is 0 Å². The van der Waals surface area contributed by atoms with Gasteiger partial charge in [0.2, 0.25) is 0 Å². The molecule has 3 aromatic rings. The zero-order chi connectivity index (χ0) is 23.6. The molecule has 0 unspecified atom stereocenters. The van der Waals surface area contributed by atoms with Crippen LogP contribution >= 0.6 is 39.5 Å². The summed E-state index contributed by atoms with van der Waals surface area (Å²) in [7, 11) is -3.60. The molecule has 1 saturated carbocycles. The number of rotatable bonds is 7. The Morgan fingerprint density at radius 2 is 1.45 bits per heavy atom. The summed E-state index contributed by atoms with van der Waals surface area (Å²) in [5, 5.41) is 0.614. The molecule has 1 N–H and O–H groups in total. The maximum absolute atomic E-state index is 13.7.